The van der Waals surface area contributed by atoms with Crippen molar-refractivity contribution in [3.8, 4) is 0 Å². The average Bonchev–Trinajstić information content (AvgIpc) is 2.94. The van der Waals surface area contributed by atoms with E-state index in [2.05, 4.69) is 151 Å². The van der Waals surface area contributed by atoms with Crippen LogP contribution in [0.5, 0.6) is 0 Å². The Morgan fingerprint density at radius 3 is 1.17 bits per heavy atom. The molecule has 0 N–H and O–H groups in total. The van der Waals surface area contributed by atoms with Gasteiger partial charge in [-0.2, -0.15) is 0 Å². The fourth-order valence-corrected chi connectivity index (χ4v) is 4.81. The van der Waals surface area contributed by atoms with E-state index in [1.165, 1.54) is 32.7 Å². The second kappa shape index (κ2) is 9.31. The zero-order valence-corrected chi connectivity index (χ0v) is 19.4. The summed E-state index contributed by atoms with van der Waals surface area (Å²) in [5.74, 6) is 0. The molecule has 0 heterocycles. The lowest BCUT2D eigenvalue weighted by molar-refractivity contribution is 1.56. The predicted octanol–water partition coefficient (Wildman–Crippen LogP) is 9.16. The maximum atomic E-state index is 3.94. The van der Waals surface area contributed by atoms with Gasteiger partial charge in [0.15, 0.2) is 0 Å². The smallest absolute Gasteiger partial charge is 0.0322 e. The van der Waals surface area contributed by atoms with Gasteiger partial charge in [-0.25, -0.2) is 0 Å². The molecular weight excluding hydrogens is 420 g/mol. The van der Waals surface area contributed by atoms with Crippen LogP contribution in [0.15, 0.2) is 151 Å². The molecule has 164 valence electrons. The van der Waals surface area contributed by atoms with Gasteiger partial charge in [0, 0.05) is 11.1 Å². The zero-order valence-electron chi connectivity index (χ0n) is 19.4. The van der Waals surface area contributed by atoms with E-state index in [0.717, 1.165) is 22.3 Å². The molecule has 6 aromatic rings. The van der Waals surface area contributed by atoms with Crippen LogP contribution in [-0.4, -0.2) is 0 Å². The van der Waals surface area contributed by atoms with E-state index in [4.69, 9.17) is 0 Å². The molecule has 0 nitrogen and oxygen atoms in total. The summed E-state index contributed by atoms with van der Waals surface area (Å²) in [5, 5.41) is 4.91. The van der Waals surface area contributed by atoms with Gasteiger partial charge in [0.25, 0.3) is 0 Å². The van der Waals surface area contributed by atoms with E-state index in [1.54, 1.807) is 0 Å². The SMILES string of the molecule is C(=C(c1ccccc1)c1cccc2ccccc12)=C(c1ccccc1)c1cccc2ccccc12. The molecule has 0 bridgehead atoms. The van der Waals surface area contributed by atoms with E-state index in [0.29, 0.717) is 0 Å². The zero-order chi connectivity index (χ0) is 23.5. The summed E-state index contributed by atoms with van der Waals surface area (Å²) >= 11 is 0. The maximum absolute atomic E-state index is 3.94. The fourth-order valence-electron chi connectivity index (χ4n) is 4.81. The molecule has 0 unspecified atom stereocenters. The molecule has 6 aromatic carbocycles. The number of fused-ring (bicyclic) bond motifs is 2. The van der Waals surface area contributed by atoms with E-state index in [9.17, 15) is 0 Å². The molecule has 0 saturated heterocycles. The third-order valence-corrected chi connectivity index (χ3v) is 6.49. The Labute approximate surface area is 206 Å². The summed E-state index contributed by atoms with van der Waals surface area (Å²) in [4.78, 5) is 0. The number of hydrogen-bond acceptors (Lipinski definition) is 0. The first-order valence-electron chi connectivity index (χ1n) is 12.0. The molecule has 0 aromatic heterocycles. The highest BCUT2D eigenvalue weighted by atomic mass is 14.2. The molecular formula is C35H24. The summed E-state index contributed by atoms with van der Waals surface area (Å²) in [6.07, 6.45) is 0. The van der Waals surface area contributed by atoms with Crippen LogP contribution in [0.2, 0.25) is 0 Å². The highest BCUT2D eigenvalue weighted by Gasteiger charge is 2.13. The van der Waals surface area contributed by atoms with Crippen molar-refractivity contribution in [2.45, 2.75) is 0 Å². The van der Waals surface area contributed by atoms with Crippen molar-refractivity contribution in [1.29, 1.82) is 0 Å². The molecule has 0 heteroatoms. The third-order valence-electron chi connectivity index (χ3n) is 6.49. The molecule has 0 aliphatic heterocycles. The van der Waals surface area contributed by atoms with Crippen molar-refractivity contribution in [2.24, 2.45) is 0 Å². The first kappa shape index (κ1) is 20.9. The molecule has 0 aliphatic carbocycles. The Bertz CT molecular complexity index is 1560. The average molecular weight is 445 g/mol. The van der Waals surface area contributed by atoms with Crippen LogP contribution in [0.4, 0.5) is 0 Å². The van der Waals surface area contributed by atoms with Crippen molar-refractivity contribution < 1.29 is 0 Å². The summed E-state index contributed by atoms with van der Waals surface area (Å²) in [7, 11) is 0. The van der Waals surface area contributed by atoms with Gasteiger partial charge >= 0.3 is 0 Å². The Morgan fingerprint density at radius 2 is 0.714 bits per heavy atom. The van der Waals surface area contributed by atoms with Gasteiger partial charge in [-0.15, -0.1) is 5.73 Å². The van der Waals surface area contributed by atoms with Gasteiger partial charge in [-0.3, -0.25) is 0 Å². The fraction of sp³-hybridized carbons (Fsp3) is 0. The highest BCUT2D eigenvalue weighted by Crippen LogP contribution is 2.34. The van der Waals surface area contributed by atoms with E-state index in [1.807, 2.05) is 0 Å². The Morgan fingerprint density at radius 1 is 0.343 bits per heavy atom. The lowest BCUT2D eigenvalue weighted by atomic mass is 9.89. The topological polar surface area (TPSA) is 0 Å². The van der Waals surface area contributed by atoms with Crippen molar-refractivity contribution in [3.05, 3.63) is 174 Å². The number of benzene rings is 6. The standard InChI is InChI=1S/C35H24/c1-3-13-28(14-4-1)34(32-23-11-19-26-17-7-9-21-30(26)32)25-35(29-15-5-2-6-16-29)33-24-12-20-27-18-8-10-22-31(27)33/h1-24H. The molecule has 0 fully saturated rings. The van der Waals surface area contributed by atoms with Gasteiger partial charge in [0.05, 0.1) is 0 Å². The van der Waals surface area contributed by atoms with Gasteiger partial charge in [0.2, 0.25) is 0 Å². The van der Waals surface area contributed by atoms with Gasteiger partial charge in [0.1, 0.15) is 0 Å². The summed E-state index contributed by atoms with van der Waals surface area (Å²) in [6, 6.07) is 51.5. The maximum Gasteiger partial charge on any atom is 0.0322 e. The lowest BCUT2D eigenvalue weighted by Gasteiger charge is -2.13. The van der Waals surface area contributed by atoms with E-state index in [-0.39, 0.29) is 0 Å². The minimum Gasteiger partial charge on any atom is -0.102 e. The van der Waals surface area contributed by atoms with Crippen LogP contribution in [0.3, 0.4) is 0 Å². The van der Waals surface area contributed by atoms with Crippen molar-refractivity contribution >= 4 is 32.7 Å². The second-order valence-electron chi connectivity index (χ2n) is 8.66. The normalized spacial score (nSPS) is 10.7. The molecule has 0 spiro atoms. The molecule has 0 amide bonds. The second-order valence-corrected chi connectivity index (χ2v) is 8.66. The Hall–Kier alpha value is -4.64. The van der Waals surface area contributed by atoms with E-state index < -0.39 is 0 Å². The Balaban J connectivity index is 1.77. The number of rotatable bonds is 4. The largest absolute Gasteiger partial charge is 0.102 e. The third kappa shape index (κ3) is 4.08. The summed E-state index contributed by atoms with van der Waals surface area (Å²) in [6.45, 7) is 0. The minimum atomic E-state index is 1.09. The van der Waals surface area contributed by atoms with Crippen molar-refractivity contribution in [2.75, 3.05) is 0 Å². The lowest BCUT2D eigenvalue weighted by Crippen LogP contribution is -1.92. The van der Waals surface area contributed by atoms with Crippen LogP contribution in [0, 0.1) is 0 Å². The summed E-state index contributed by atoms with van der Waals surface area (Å²) < 4.78 is 0. The monoisotopic (exact) mass is 444 g/mol. The highest BCUT2D eigenvalue weighted by molar-refractivity contribution is 6.02. The summed E-state index contributed by atoms with van der Waals surface area (Å²) in [5.41, 5.74) is 10.8. The predicted molar refractivity (Wildman–Crippen MR) is 149 cm³/mol. The quantitative estimate of drug-likeness (QED) is 0.238. The molecule has 0 aliphatic rings. The van der Waals surface area contributed by atoms with Gasteiger partial charge in [-0.05, 0) is 43.8 Å². The molecule has 0 saturated carbocycles. The van der Waals surface area contributed by atoms with E-state index >= 15 is 0 Å². The van der Waals surface area contributed by atoms with Crippen LogP contribution >= 0.6 is 0 Å². The van der Waals surface area contributed by atoms with Crippen LogP contribution in [0.1, 0.15) is 22.3 Å². The molecule has 35 heavy (non-hydrogen) atoms. The van der Waals surface area contributed by atoms with Gasteiger partial charge in [-0.1, -0.05) is 146 Å². The molecule has 0 radical (unpaired) electrons. The minimum absolute atomic E-state index is 1.09. The Kier molecular flexibility index (Phi) is 5.57. The van der Waals surface area contributed by atoms with Crippen molar-refractivity contribution in [3.63, 3.8) is 0 Å². The van der Waals surface area contributed by atoms with Crippen LogP contribution in [-0.2, 0) is 0 Å². The molecule has 6 rings (SSSR count). The van der Waals surface area contributed by atoms with Crippen LogP contribution in [0.25, 0.3) is 32.7 Å². The molecule has 0 atom stereocenters. The first-order valence-corrected chi connectivity index (χ1v) is 12.0. The van der Waals surface area contributed by atoms with Gasteiger partial charge < -0.3 is 0 Å². The number of hydrogen-bond donors (Lipinski definition) is 0. The van der Waals surface area contributed by atoms with Crippen molar-refractivity contribution in [1.82, 2.24) is 0 Å². The first-order chi connectivity index (χ1) is 17.4. The van der Waals surface area contributed by atoms with Crippen LogP contribution < -0.4 is 0 Å².